The summed E-state index contributed by atoms with van der Waals surface area (Å²) in [5, 5.41) is 1.76. The van der Waals surface area contributed by atoms with Gasteiger partial charge in [0.05, 0.1) is 5.75 Å². The van der Waals surface area contributed by atoms with E-state index in [1.54, 1.807) is 12.1 Å². The predicted molar refractivity (Wildman–Crippen MR) is 79.1 cm³/mol. The highest BCUT2D eigenvalue weighted by molar-refractivity contribution is 7.92. The van der Waals surface area contributed by atoms with Crippen molar-refractivity contribution in [1.82, 2.24) is 0 Å². The van der Waals surface area contributed by atoms with Gasteiger partial charge in [-0.25, -0.2) is 8.42 Å². The van der Waals surface area contributed by atoms with Gasteiger partial charge in [-0.3, -0.25) is 4.79 Å². The van der Waals surface area contributed by atoms with Crippen molar-refractivity contribution in [3.63, 3.8) is 0 Å². The number of sulfone groups is 1. The second-order valence-electron chi connectivity index (χ2n) is 5.25. The molecule has 1 aromatic carbocycles. The van der Waals surface area contributed by atoms with Gasteiger partial charge in [-0.2, -0.15) is 0 Å². The minimum atomic E-state index is -3.30. The van der Waals surface area contributed by atoms with Crippen molar-refractivity contribution < 1.29 is 13.2 Å². The van der Waals surface area contributed by atoms with Crippen molar-refractivity contribution >= 4 is 21.4 Å². The van der Waals surface area contributed by atoms with Crippen LogP contribution in [0.3, 0.4) is 0 Å². The summed E-state index contributed by atoms with van der Waals surface area (Å²) in [6, 6.07) is 7.07. The van der Waals surface area contributed by atoms with Crippen LogP contribution >= 0.6 is 0 Å². The number of hydrogen-bond acceptors (Lipinski definition) is 4. The fourth-order valence-corrected chi connectivity index (χ4v) is 4.14. The summed E-state index contributed by atoms with van der Waals surface area (Å²) in [6.45, 7) is 1.88. The smallest absolute Gasteiger partial charge is 0.242 e. The molecule has 0 radical (unpaired) electrons. The molecule has 1 amide bonds. The molecule has 2 unspecified atom stereocenters. The van der Waals surface area contributed by atoms with E-state index in [1.807, 2.05) is 19.1 Å². The van der Waals surface area contributed by atoms with Gasteiger partial charge in [-0.1, -0.05) is 18.6 Å². The highest BCUT2D eigenvalue weighted by Gasteiger charge is 2.34. The maximum Gasteiger partial charge on any atom is 0.242 e. The largest absolute Gasteiger partial charge is 0.325 e. The summed E-state index contributed by atoms with van der Waals surface area (Å²) in [5.41, 5.74) is 7.31. The number of carbonyl (C=O) groups is 1. The molecule has 1 saturated heterocycles. The van der Waals surface area contributed by atoms with Gasteiger partial charge in [0.2, 0.25) is 5.91 Å². The third-order valence-electron chi connectivity index (χ3n) is 3.58. The Balaban J connectivity index is 2.07. The highest BCUT2D eigenvalue weighted by Crippen LogP contribution is 2.21. The number of nitrogens with one attached hydrogen (secondary N) is 1. The van der Waals surface area contributed by atoms with Crippen LogP contribution in [0.15, 0.2) is 24.3 Å². The van der Waals surface area contributed by atoms with Crippen LogP contribution in [0.2, 0.25) is 0 Å². The third kappa shape index (κ3) is 3.37. The molecule has 0 aromatic heterocycles. The van der Waals surface area contributed by atoms with Crippen LogP contribution in [0, 0.1) is 0 Å². The molecule has 0 saturated carbocycles. The van der Waals surface area contributed by atoms with E-state index in [9.17, 15) is 13.2 Å². The Morgan fingerprint density at radius 3 is 2.50 bits per heavy atom. The Bertz CT molecular complexity index is 579. The van der Waals surface area contributed by atoms with Gasteiger partial charge in [0, 0.05) is 11.7 Å². The quantitative estimate of drug-likeness (QED) is 0.887. The summed E-state index contributed by atoms with van der Waals surface area (Å²) >= 11 is 0. The van der Waals surface area contributed by atoms with Crippen LogP contribution in [0.5, 0.6) is 0 Å². The molecule has 1 heterocycles. The van der Waals surface area contributed by atoms with E-state index in [0.29, 0.717) is 18.5 Å². The van der Waals surface area contributed by atoms with Gasteiger partial charge in [0.1, 0.15) is 5.25 Å². The molecule has 1 aliphatic heterocycles. The van der Waals surface area contributed by atoms with E-state index in [4.69, 9.17) is 5.73 Å². The van der Waals surface area contributed by atoms with E-state index >= 15 is 0 Å². The number of amides is 1. The predicted octanol–water partition coefficient (Wildman–Crippen LogP) is 1.61. The van der Waals surface area contributed by atoms with Crippen LogP contribution in [0.25, 0.3) is 0 Å². The topological polar surface area (TPSA) is 89.3 Å². The van der Waals surface area contributed by atoms with Crippen LogP contribution in [-0.4, -0.2) is 25.3 Å². The molecule has 3 N–H and O–H groups in total. The summed E-state index contributed by atoms with van der Waals surface area (Å²) < 4.78 is 23.8. The van der Waals surface area contributed by atoms with Crippen molar-refractivity contribution in [2.75, 3.05) is 11.1 Å². The lowest BCUT2D eigenvalue weighted by Crippen LogP contribution is -2.39. The average molecular weight is 296 g/mol. The lowest BCUT2D eigenvalue weighted by molar-refractivity contribution is -0.116. The van der Waals surface area contributed by atoms with E-state index in [0.717, 1.165) is 12.0 Å². The zero-order valence-corrected chi connectivity index (χ0v) is 12.3. The molecule has 1 aromatic rings. The number of carbonyl (C=O) groups excluding carboxylic acids is 1. The Hall–Kier alpha value is -1.40. The fraction of sp³-hybridized carbons (Fsp3) is 0.500. The molecular weight excluding hydrogens is 276 g/mol. The monoisotopic (exact) mass is 296 g/mol. The summed E-state index contributed by atoms with van der Waals surface area (Å²) in [6.07, 6.45) is 1.84. The lowest BCUT2D eigenvalue weighted by Gasteiger charge is -2.21. The third-order valence-corrected chi connectivity index (χ3v) is 5.75. The number of nitrogens with two attached hydrogens (primary N) is 1. The van der Waals surface area contributed by atoms with Gasteiger partial charge < -0.3 is 11.1 Å². The molecule has 20 heavy (non-hydrogen) atoms. The molecule has 0 spiro atoms. The first-order valence-corrected chi connectivity index (χ1v) is 8.49. The van der Waals surface area contributed by atoms with Gasteiger partial charge in [-0.15, -0.1) is 0 Å². The fourth-order valence-electron chi connectivity index (χ4n) is 2.34. The summed E-state index contributed by atoms with van der Waals surface area (Å²) in [7, 11) is -3.30. The van der Waals surface area contributed by atoms with E-state index in [2.05, 4.69) is 5.32 Å². The van der Waals surface area contributed by atoms with Crippen LogP contribution in [-0.2, 0) is 14.6 Å². The molecule has 5 nitrogen and oxygen atoms in total. The standard InChI is InChI=1S/C14H20N2O3S/c1-10(15)11-5-7-12(8-6-11)16-14(17)13-4-2-3-9-20(13,18)19/h5-8,10,13H,2-4,9,15H2,1H3,(H,16,17). The SMILES string of the molecule is CC(N)c1ccc(NC(=O)C2CCCCS2(=O)=O)cc1. The zero-order chi connectivity index (χ0) is 14.8. The highest BCUT2D eigenvalue weighted by atomic mass is 32.2. The normalized spacial score (nSPS) is 23.0. The first-order valence-electron chi connectivity index (χ1n) is 6.78. The molecule has 0 aliphatic carbocycles. The molecule has 2 atom stereocenters. The van der Waals surface area contributed by atoms with E-state index < -0.39 is 21.0 Å². The van der Waals surface area contributed by atoms with Gasteiger partial charge in [0.25, 0.3) is 0 Å². The minimum Gasteiger partial charge on any atom is -0.325 e. The summed E-state index contributed by atoms with van der Waals surface area (Å²) in [5.74, 6) is -0.326. The molecule has 0 bridgehead atoms. The second-order valence-corrected chi connectivity index (χ2v) is 7.55. The number of benzene rings is 1. The van der Waals surface area contributed by atoms with Crippen molar-refractivity contribution in [2.45, 2.75) is 37.5 Å². The Labute approximate surface area is 119 Å². The van der Waals surface area contributed by atoms with Crippen molar-refractivity contribution in [2.24, 2.45) is 5.73 Å². The van der Waals surface area contributed by atoms with E-state index in [1.165, 1.54) is 0 Å². The molecular formula is C14H20N2O3S. The van der Waals surface area contributed by atoms with Crippen molar-refractivity contribution in [3.05, 3.63) is 29.8 Å². The van der Waals surface area contributed by atoms with Gasteiger partial charge >= 0.3 is 0 Å². The first-order chi connectivity index (χ1) is 9.40. The van der Waals surface area contributed by atoms with Gasteiger partial charge in [0.15, 0.2) is 9.84 Å². The molecule has 1 fully saturated rings. The molecule has 1 aliphatic rings. The minimum absolute atomic E-state index is 0.0709. The Morgan fingerprint density at radius 2 is 1.95 bits per heavy atom. The Morgan fingerprint density at radius 1 is 1.30 bits per heavy atom. The van der Waals surface area contributed by atoms with Gasteiger partial charge in [-0.05, 0) is 37.5 Å². The maximum atomic E-state index is 12.1. The maximum absolute atomic E-state index is 12.1. The molecule has 110 valence electrons. The Kier molecular flexibility index (Phi) is 4.45. The molecule has 2 rings (SSSR count). The van der Waals surface area contributed by atoms with E-state index in [-0.39, 0.29) is 11.8 Å². The number of rotatable bonds is 3. The average Bonchev–Trinajstić information content (AvgIpc) is 2.38. The summed E-state index contributed by atoms with van der Waals surface area (Å²) in [4.78, 5) is 12.1. The zero-order valence-electron chi connectivity index (χ0n) is 11.5. The van der Waals surface area contributed by atoms with Crippen molar-refractivity contribution in [1.29, 1.82) is 0 Å². The van der Waals surface area contributed by atoms with Crippen LogP contribution < -0.4 is 11.1 Å². The second kappa shape index (κ2) is 5.93. The molecule has 6 heteroatoms. The lowest BCUT2D eigenvalue weighted by atomic mass is 10.1. The van der Waals surface area contributed by atoms with Crippen LogP contribution in [0.1, 0.15) is 37.8 Å². The number of hydrogen-bond donors (Lipinski definition) is 2. The van der Waals surface area contributed by atoms with Crippen molar-refractivity contribution in [3.8, 4) is 0 Å². The number of anilines is 1. The first kappa shape index (κ1) is 15.0. The van der Waals surface area contributed by atoms with Crippen LogP contribution in [0.4, 0.5) is 5.69 Å².